The first-order chi connectivity index (χ1) is 12.9. The van der Waals surface area contributed by atoms with E-state index in [-0.39, 0.29) is 10.6 Å². The Hall–Kier alpha value is -2.65. The lowest BCUT2D eigenvalue weighted by atomic mass is 9.88. The molecule has 1 heterocycles. The Morgan fingerprint density at radius 3 is 2.59 bits per heavy atom. The van der Waals surface area contributed by atoms with Gasteiger partial charge in [0.1, 0.15) is 13.2 Å². The molecule has 2 aliphatic rings. The lowest BCUT2D eigenvalue weighted by Gasteiger charge is -2.29. The second-order valence-electron chi connectivity index (χ2n) is 6.52. The molecule has 8 nitrogen and oxygen atoms in total. The maximum atomic E-state index is 12.8. The number of nitrogens with zero attached hydrogens (tertiary/aromatic N) is 1. The summed E-state index contributed by atoms with van der Waals surface area (Å²) in [7, 11) is -3.91. The number of hydrogen-bond donors (Lipinski definition) is 1. The van der Waals surface area contributed by atoms with Crippen LogP contribution in [0.2, 0.25) is 0 Å². The minimum Gasteiger partial charge on any atom is -0.486 e. The minimum absolute atomic E-state index is 0.124. The number of nitrogens with one attached hydrogen (secondary N) is 1. The van der Waals surface area contributed by atoms with Gasteiger partial charge in [-0.15, -0.1) is 0 Å². The fourth-order valence-corrected chi connectivity index (χ4v) is 4.77. The highest BCUT2D eigenvalue weighted by molar-refractivity contribution is 7.89. The molecule has 1 aliphatic heterocycles. The normalized spacial score (nSPS) is 18.6. The third-order valence-electron chi connectivity index (χ3n) is 4.75. The van der Waals surface area contributed by atoms with Crippen LogP contribution in [0.25, 0.3) is 0 Å². The summed E-state index contributed by atoms with van der Waals surface area (Å²) < 4.78 is 39.5. The van der Waals surface area contributed by atoms with Gasteiger partial charge in [-0.3, -0.25) is 10.1 Å². The molecule has 0 saturated heterocycles. The number of sulfonamides is 1. The van der Waals surface area contributed by atoms with Crippen molar-refractivity contribution in [2.75, 3.05) is 13.2 Å². The first kappa shape index (κ1) is 17.7. The number of non-ortho nitro benzene ring substituents is 1. The highest BCUT2D eigenvalue weighted by Gasteiger charge is 2.29. The van der Waals surface area contributed by atoms with Crippen LogP contribution in [0.3, 0.4) is 0 Å². The van der Waals surface area contributed by atoms with Crippen LogP contribution in [-0.2, 0) is 16.4 Å². The molecule has 1 unspecified atom stereocenters. The monoisotopic (exact) mass is 390 g/mol. The Bertz CT molecular complexity index is 1000. The molecule has 1 atom stereocenters. The van der Waals surface area contributed by atoms with Crippen molar-refractivity contribution < 1.29 is 22.8 Å². The van der Waals surface area contributed by atoms with E-state index in [1.807, 2.05) is 12.1 Å². The number of benzene rings is 2. The molecule has 9 heteroatoms. The smallest absolute Gasteiger partial charge is 0.270 e. The van der Waals surface area contributed by atoms with Gasteiger partial charge in [0.2, 0.25) is 10.0 Å². The average molecular weight is 390 g/mol. The molecule has 0 spiro atoms. The number of aryl methyl sites for hydroxylation is 1. The van der Waals surface area contributed by atoms with Crippen LogP contribution in [0.5, 0.6) is 11.5 Å². The van der Waals surface area contributed by atoms with E-state index in [4.69, 9.17) is 9.47 Å². The van der Waals surface area contributed by atoms with Gasteiger partial charge in [-0.05, 0) is 48.6 Å². The summed E-state index contributed by atoms with van der Waals surface area (Å²) in [5, 5.41) is 10.9. The van der Waals surface area contributed by atoms with Crippen molar-refractivity contribution in [3.05, 3.63) is 57.6 Å². The Labute approximate surface area is 156 Å². The van der Waals surface area contributed by atoms with Crippen molar-refractivity contribution in [3.8, 4) is 11.5 Å². The molecule has 27 heavy (non-hydrogen) atoms. The number of nitro benzene ring substituents is 1. The van der Waals surface area contributed by atoms with Gasteiger partial charge in [-0.25, -0.2) is 13.1 Å². The van der Waals surface area contributed by atoms with Crippen LogP contribution in [0.15, 0.2) is 41.3 Å². The maximum absolute atomic E-state index is 12.8. The van der Waals surface area contributed by atoms with Gasteiger partial charge in [-0.1, -0.05) is 6.07 Å². The Morgan fingerprint density at radius 2 is 1.85 bits per heavy atom. The van der Waals surface area contributed by atoms with Crippen molar-refractivity contribution >= 4 is 15.7 Å². The van der Waals surface area contributed by atoms with Crippen LogP contribution >= 0.6 is 0 Å². The third kappa shape index (κ3) is 3.47. The summed E-state index contributed by atoms with van der Waals surface area (Å²) in [5.74, 6) is 1.30. The predicted octanol–water partition coefficient (Wildman–Crippen LogP) is 2.72. The summed E-state index contributed by atoms with van der Waals surface area (Å²) in [6, 6.07) is 8.37. The van der Waals surface area contributed by atoms with E-state index in [1.54, 1.807) is 0 Å². The Balaban J connectivity index is 1.66. The first-order valence-corrected chi connectivity index (χ1v) is 10.1. The molecule has 1 N–H and O–H groups in total. The number of hydrogen-bond acceptors (Lipinski definition) is 6. The van der Waals surface area contributed by atoms with E-state index in [0.29, 0.717) is 31.1 Å². The second kappa shape index (κ2) is 6.82. The fraction of sp³-hybridized carbons (Fsp3) is 0.333. The zero-order chi connectivity index (χ0) is 19.0. The molecular weight excluding hydrogens is 372 g/mol. The molecule has 0 bridgehead atoms. The van der Waals surface area contributed by atoms with Gasteiger partial charge in [0.15, 0.2) is 11.5 Å². The molecule has 2 aromatic carbocycles. The summed E-state index contributed by atoms with van der Waals surface area (Å²) in [6.07, 6.45) is 2.30. The van der Waals surface area contributed by atoms with Gasteiger partial charge in [0.05, 0.1) is 9.82 Å². The number of fused-ring (bicyclic) bond motifs is 2. The molecule has 0 amide bonds. The molecular formula is C18H18N2O6S. The lowest BCUT2D eigenvalue weighted by Crippen LogP contribution is -2.31. The van der Waals surface area contributed by atoms with Crippen LogP contribution in [-0.4, -0.2) is 26.6 Å². The van der Waals surface area contributed by atoms with Gasteiger partial charge in [-0.2, -0.15) is 0 Å². The summed E-state index contributed by atoms with van der Waals surface area (Å²) in [5.41, 5.74) is 1.62. The van der Waals surface area contributed by atoms with Crippen molar-refractivity contribution in [2.45, 2.75) is 30.2 Å². The fourth-order valence-electron chi connectivity index (χ4n) is 3.48. The van der Waals surface area contributed by atoms with Crippen LogP contribution in [0.1, 0.15) is 30.0 Å². The highest BCUT2D eigenvalue weighted by atomic mass is 32.2. The molecule has 4 rings (SSSR count). The largest absolute Gasteiger partial charge is 0.486 e. The van der Waals surface area contributed by atoms with Crippen LogP contribution < -0.4 is 14.2 Å². The van der Waals surface area contributed by atoms with Gasteiger partial charge < -0.3 is 9.47 Å². The van der Waals surface area contributed by atoms with Crippen molar-refractivity contribution in [2.24, 2.45) is 0 Å². The molecule has 0 radical (unpaired) electrons. The number of nitro groups is 1. The summed E-state index contributed by atoms with van der Waals surface area (Å²) in [6.45, 7) is 0.949. The van der Waals surface area contributed by atoms with Crippen LogP contribution in [0.4, 0.5) is 5.69 Å². The van der Waals surface area contributed by atoms with E-state index in [2.05, 4.69) is 4.72 Å². The van der Waals surface area contributed by atoms with Crippen molar-refractivity contribution in [1.29, 1.82) is 0 Å². The van der Waals surface area contributed by atoms with Crippen molar-refractivity contribution in [1.82, 2.24) is 4.72 Å². The summed E-state index contributed by atoms with van der Waals surface area (Å²) in [4.78, 5) is 10.2. The van der Waals surface area contributed by atoms with Gasteiger partial charge in [0, 0.05) is 18.2 Å². The molecule has 0 saturated carbocycles. The maximum Gasteiger partial charge on any atom is 0.270 e. The van der Waals surface area contributed by atoms with Gasteiger partial charge >= 0.3 is 0 Å². The minimum atomic E-state index is -3.91. The molecule has 2 aromatic rings. The van der Waals surface area contributed by atoms with E-state index >= 15 is 0 Å². The average Bonchev–Trinajstić information content (AvgIpc) is 2.66. The SMILES string of the molecule is O=[N+]([O-])c1cccc(S(=O)(=O)NC2CCCc3cc4c(cc32)OCCO4)c1. The lowest BCUT2D eigenvalue weighted by molar-refractivity contribution is -0.385. The highest BCUT2D eigenvalue weighted by Crippen LogP contribution is 2.40. The molecule has 142 valence electrons. The predicted molar refractivity (Wildman–Crippen MR) is 96.5 cm³/mol. The molecule has 0 aromatic heterocycles. The Morgan fingerprint density at radius 1 is 1.11 bits per heavy atom. The van der Waals surface area contributed by atoms with Gasteiger partial charge in [0.25, 0.3) is 5.69 Å². The zero-order valence-corrected chi connectivity index (χ0v) is 15.2. The molecule has 0 fully saturated rings. The third-order valence-corrected chi connectivity index (χ3v) is 6.22. The van der Waals surface area contributed by atoms with E-state index in [0.717, 1.165) is 30.0 Å². The van der Waals surface area contributed by atoms with E-state index in [9.17, 15) is 18.5 Å². The van der Waals surface area contributed by atoms with E-state index < -0.39 is 21.0 Å². The topological polar surface area (TPSA) is 108 Å². The standard InChI is InChI=1S/C18H18N2O6S/c21-20(22)13-4-2-5-14(10-13)27(23,24)19-16-6-1-3-12-9-17-18(11-15(12)16)26-8-7-25-17/h2,4-5,9-11,16,19H,1,3,6-8H2. The van der Waals surface area contributed by atoms with Crippen LogP contribution in [0, 0.1) is 10.1 Å². The zero-order valence-electron chi connectivity index (χ0n) is 14.4. The number of rotatable bonds is 4. The van der Waals surface area contributed by atoms with E-state index in [1.165, 1.54) is 18.2 Å². The molecule has 1 aliphatic carbocycles. The quantitative estimate of drug-likeness (QED) is 0.635. The first-order valence-electron chi connectivity index (χ1n) is 8.63. The Kier molecular flexibility index (Phi) is 4.48. The van der Waals surface area contributed by atoms with Crippen molar-refractivity contribution in [3.63, 3.8) is 0 Å². The number of ether oxygens (including phenoxy) is 2. The summed E-state index contributed by atoms with van der Waals surface area (Å²) >= 11 is 0. The second-order valence-corrected chi connectivity index (χ2v) is 8.23.